The van der Waals surface area contributed by atoms with Crippen LogP contribution < -0.4 is 4.74 Å². The number of ether oxygens (including phenoxy) is 1. The van der Waals surface area contributed by atoms with Gasteiger partial charge < -0.3 is 9.84 Å². The van der Waals surface area contributed by atoms with Gasteiger partial charge in [0.15, 0.2) is 0 Å². The molecule has 0 bridgehead atoms. The van der Waals surface area contributed by atoms with Crippen molar-refractivity contribution in [3.8, 4) is 5.75 Å². The van der Waals surface area contributed by atoms with Gasteiger partial charge in [-0.2, -0.15) is 0 Å². The van der Waals surface area contributed by atoms with Gasteiger partial charge in [0.2, 0.25) is 0 Å². The number of methoxy groups -OCH3 is 1. The van der Waals surface area contributed by atoms with Crippen LogP contribution in [0.3, 0.4) is 0 Å². The minimum Gasteiger partial charge on any atom is -0.496 e. The Morgan fingerprint density at radius 2 is 2.00 bits per heavy atom. The van der Waals surface area contributed by atoms with Crippen LogP contribution in [0.25, 0.3) is 0 Å². The summed E-state index contributed by atoms with van der Waals surface area (Å²) in [6.45, 7) is 0. The van der Waals surface area contributed by atoms with E-state index in [9.17, 15) is 5.11 Å². The fourth-order valence-electron chi connectivity index (χ4n) is 1.92. The van der Waals surface area contributed by atoms with Gasteiger partial charge in [-0.25, -0.2) is 0 Å². The van der Waals surface area contributed by atoms with E-state index in [-0.39, 0.29) is 0 Å². The maximum Gasteiger partial charge on any atom is 0.133 e. The third kappa shape index (κ3) is 3.70. The Labute approximate surface area is 135 Å². The fourth-order valence-corrected chi connectivity index (χ4v) is 3.25. The molecule has 0 saturated carbocycles. The first kappa shape index (κ1) is 14.8. The van der Waals surface area contributed by atoms with Crippen LogP contribution >= 0.6 is 38.5 Å². The average molecular weight is 433 g/mol. The van der Waals surface area contributed by atoms with E-state index in [4.69, 9.17) is 4.74 Å². The molecule has 0 heterocycles. The fraction of sp³-hybridized carbons (Fsp3) is 0.200. The normalized spacial score (nSPS) is 12.2. The first-order valence-corrected chi connectivity index (χ1v) is 7.74. The molecule has 0 fully saturated rings. The smallest absolute Gasteiger partial charge is 0.133 e. The molecule has 0 saturated heterocycles. The lowest BCUT2D eigenvalue weighted by atomic mass is 10.0. The van der Waals surface area contributed by atoms with Crippen molar-refractivity contribution in [2.75, 3.05) is 7.11 Å². The van der Waals surface area contributed by atoms with E-state index in [1.807, 2.05) is 42.5 Å². The number of hydrogen-bond donors (Lipinski definition) is 1. The molecule has 1 unspecified atom stereocenters. The lowest BCUT2D eigenvalue weighted by Crippen LogP contribution is -2.04. The third-order valence-corrected chi connectivity index (χ3v) is 4.51. The highest BCUT2D eigenvalue weighted by Crippen LogP contribution is 2.28. The molecule has 19 heavy (non-hydrogen) atoms. The molecule has 100 valence electrons. The second-order valence-electron chi connectivity index (χ2n) is 4.21. The van der Waals surface area contributed by atoms with Crippen molar-refractivity contribution in [3.05, 3.63) is 61.6 Å². The Bertz CT molecular complexity index is 572. The van der Waals surface area contributed by atoms with E-state index >= 15 is 0 Å². The summed E-state index contributed by atoms with van der Waals surface area (Å²) in [6, 6.07) is 13.8. The summed E-state index contributed by atoms with van der Waals surface area (Å²) in [6.07, 6.45) is 0.0937. The van der Waals surface area contributed by atoms with E-state index in [2.05, 4.69) is 38.5 Å². The Morgan fingerprint density at radius 1 is 1.26 bits per heavy atom. The van der Waals surface area contributed by atoms with Gasteiger partial charge in [0, 0.05) is 9.99 Å². The monoisotopic (exact) mass is 432 g/mol. The summed E-state index contributed by atoms with van der Waals surface area (Å²) in [5.41, 5.74) is 2.04. The second-order valence-corrected chi connectivity index (χ2v) is 6.23. The first-order valence-electron chi connectivity index (χ1n) is 5.86. The van der Waals surface area contributed by atoms with Crippen LogP contribution in [0.2, 0.25) is 0 Å². The summed E-state index contributed by atoms with van der Waals surface area (Å²) in [5.74, 6) is 0.799. The van der Waals surface area contributed by atoms with Crippen LogP contribution in [-0.2, 0) is 6.42 Å². The van der Waals surface area contributed by atoms with Crippen molar-refractivity contribution in [1.82, 2.24) is 0 Å². The van der Waals surface area contributed by atoms with Crippen molar-refractivity contribution in [1.29, 1.82) is 0 Å². The summed E-state index contributed by atoms with van der Waals surface area (Å²) >= 11 is 5.71. The molecule has 2 aromatic carbocycles. The van der Waals surface area contributed by atoms with Gasteiger partial charge in [-0.05, 0) is 67.8 Å². The zero-order valence-electron chi connectivity index (χ0n) is 10.4. The van der Waals surface area contributed by atoms with E-state index in [0.29, 0.717) is 6.42 Å². The van der Waals surface area contributed by atoms with Crippen molar-refractivity contribution < 1.29 is 9.84 Å². The molecule has 4 heteroatoms. The molecular formula is C15H14BrIO2. The highest BCUT2D eigenvalue weighted by Gasteiger charge is 2.12. The SMILES string of the molecule is COc1ccc(CC(O)c2ccccc2I)cc1Br. The summed E-state index contributed by atoms with van der Waals surface area (Å²) in [7, 11) is 1.64. The maximum atomic E-state index is 10.3. The third-order valence-electron chi connectivity index (χ3n) is 2.91. The zero-order valence-corrected chi connectivity index (χ0v) is 14.2. The predicted molar refractivity (Wildman–Crippen MR) is 88.5 cm³/mol. The molecule has 0 aliphatic rings. The Balaban J connectivity index is 2.17. The number of aliphatic hydroxyl groups is 1. The van der Waals surface area contributed by atoms with Gasteiger partial charge in [-0.1, -0.05) is 24.3 Å². The molecule has 2 aromatic rings. The van der Waals surface area contributed by atoms with Gasteiger partial charge in [-0.3, -0.25) is 0 Å². The molecular weight excluding hydrogens is 419 g/mol. The second kappa shape index (κ2) is 6.72. The maximum absolute atomic E-state index is 10.3. The molecule has 0 spiro atoms. The summed E-state index contributed by atoms with van der Waals surface area (Å²) < 4.78 is 7.19. The van der Waals surface area contributed by atoms with Crippen LogP contribution in [0.4, 0.5) is 0 Å². The number of halogens is 2. The minimum absolute atomic E-state index is 0.492. The Morgan fingerprint density at radius 3 is 2.63 bits per heavy atom. The van der Waals surface area contributed by atoms with Crippen molar-refractivity contribution in [2.24, 2.45) is 0 Å². The van der Waals surface area contributed by atoms with E-state index < -0.39 is 6.10 Å². The molecule has 0 aliphatic carbocycles. The topological polar surface area (TPSA) is 29.5 Å². The molecule has 1 N–H and O–H groups in total. The van der Waals surface area contributed by atoms with Crippen molar-refractivity contribution >= 4 is 38.5 Å². The van der Waals surface area contributed by atoms with Gasteiger partial charge in [0.05, 0.1) is 17.7 Å². The van der Waals surface area contributed by atoms with Gasteiger partial charge in [0.25, 0.3) is 0 Å². The lowest BCUT2D eigenvalue weighted by Gasteiger charge is -2.13. The highest BCUT2D eigenvalue weighted by molar-refractivity contribution is 14.1. The number of hydrogen-bond acceptors (Lipinski definition) is 2. The molecule has 0 radical (unpaired) electrons. The Kier molecular flexibility index (Phi) is 5.24. The molecule has 0 aliphatic heterocycles. The number of benzene rings is 2. The average Bonchev–Trinajstić information content (AvgIpc) is 2.39. The van der Waals surface area contributed by atoms with Crippen LogP contribution in [0.5, 0.6) is 5.75 Å². The molecule has 0 aromatic heterocycles. The minimum atomic E-state index is -0.492. The molecule has 2 nitrogen and oxygen atoms in total. The van der Waals surface area contributed by atoms with Gasteiger partial charge >= 0.3 is 0 Å². The zero-order chi connectivity index (χ0) is 13.8. The largest absolute Gasteiger partial charge is 0.496 e. The van der Waals surface area contributed by atoms with E-state index in [1.165, 1.54) is 0 Å². The highest BCUT2D eigenvalue weighted by atomic mass is 127. The standard InChI is InChI=1S/C15H14BrIO2/c1-19-15-7-6-10(8-12(15)16)9-14(18)11-4-2-3-5-13(11)17/h2-8,14,18H,9H2,1H3. The van der Waals surface area contributed by atoms with E-state index in [1.54, 1.807) is 7.11 Å². The van der Waals surface area contributed by atoms with Crippen LogP contribution in [0.15, 0.2) is 46.9 Å². The quantitative estimate of drug-likeness (QED) is 0.728. The predicted octanol–water partition coefficient (Wildman–Crippen LogP) is 4.34. The number of rotatable bonds is 4. The summed E-state index contributed by atoms with van der Waals surface area (Å²) in [4.78, 5) is 0. The number of aliphatic hydroxyl groups excluding tert-OH is 1. The molecule has 2 rings (SSSR count). The first-order chi connectivity index (χ1) is 9.11. The van der Waals surface area contributed by atoms with Crippen molar-refractivity contribution in [3.63, 3.8) is 0 Å². The molecule has 0 amide bonds. The van der Waals surface area contributed by atoms with E-state index in [0.717, 1.165) is 24.9 Å². The van der Waals surface area contributed by atoms with Gasteiger partial charge in [0.1, 0.15) is 5.75 Å². The van der Waals surface area contributed by atoms with Crippen LogP contribution in [-0.4, -0.2) is 12.2 Å². The van der Waals surface area contributed by atoms with Crippen molar-refractivity contribution in [2.45, 2.75) is 12.5 Å². The van der Waals surface area contributed by atoms with Gasteiger partial charge in [-0.15, -0.1) is 0 Å². The lowest BCUT2D eigenvalue weighted by molar-refractivity contribution is 0.177. The molecule has 1 atom stereocenters. The Hall–Kier alpha value is -0.590. The van der Waals surface area contributed by atoms with Crippen LogP contribution in [0.1, 0.15) is 17.2 Å². The van der Waals surface area contributed by atoms with Crippen LogP contribution in [0, 0.1) is 3.57 Å². The summed E-state index contributed by atoms with van der Waals surface area (Å²) in [5, 5.41) is 10.3.